The van der Waals surface area contributed by atoms with Crippen LogP contribution in [0.15, 0.2) is 53.4 Å². The van der Waals surface area contributed by atoms with Gasteiger partial charge >= 0.3 is 5.97 Å². The molecule has 0 bridgehead atoms. The molecule has 1 saturated carbocycles. The fourth-order valence-corrected chi connectivity index (χ4v) is 5.31. The zero-order valence-electron chi connectivity index (χ0n) is 12.2. The van der Waals surface area contributed by atoms with E-state index in [1.165, 1.54) is 36.4 Å². The minimum Gasteiger partial charge on any atom is -0.480 e. The van der Waals surface area contributed by atoms with Crippen molar-refractivity contribution in [3.63, 3.8) is 0 Å². The zero-order valence-corrected chi connectivity index (χ0v) is 13.8. The van der Waals surface area contributed by atoms with E-state index in [0.29, 0.717) is 10.6 Å². The van der Waals surface area contributed by atoms with Crippen LogP contribution in [0.4, 0.5) is 4.39 Å². The fourth-order valence-electron chi connectivity index (χ4n) is 2.96. The van der Waals surface area contributed by atoms with Crippen molar-refractivity contribution in [2.75, 3.05) is 0 Å². The van der Waals surface area contributed by atoms with Crippen LogP contribution in [0.2, 0.25) is 5.02 Å². The standard InChI is InChI=1S/C16H13ClFNO4S/c17-10-3-7-12(8-4-10)24(22,23)14-13(16(14,19)15(20)21)9-1-5-11(18)6-2-9/h1-8,13-14H,19H2,(H,20,21)/t13-,14+,16+/m1/s1. The third-order valence-corrected chi connectivity index (χ3v) is 6.77. The van der Waals surface area contributed by atoms with Crippen molar-refractivity contribution in [3.05, 3.63) is 64.9 Å². The molecular weight excluding hydrogens is 357 g/mol. The lowest BCUT2D eigenvalue weighted by atomic mass is 10.1. The van der Waals surface area contributed by atoms with Crippen LogP contribution in [0.1, 0.15) is 11.5 Å². The van der Waals surface area contributed by atoms with Gasteiger partial charge in [0.05, 0.1) is 4.90 Å². The SMILES string of the molecule is N[C@@]1(C(=O)O)[C@H](c2ccc(F)cc2)[C@@H]1S(=O)(=O)c1ccc(Cl)cc1. The molecule has 0 saturated heterocycles. The van der Waals surface area contributed by atoms with Gasteiger partial charge < -0.3 is 10.8 Å². The maximum atomic E-state index is 13.1. The van der Waals surface area contributed by atoms with Gasteiger partial charge in [-0.3, -0.25) is 4.79 Å². The highest BCUT2D eigenvalue weighted by atomic mass is 35.5. The molecule has 126 valence electrons. The Morgan fingerprint density at radius 1 is 1.12 bits per heavy atom. The van der Waals surface area contributed by atoms with Crippen molar-refractivity contribution in [2.45, 2.75) is 21.6 Å². The molecule has 3 rings (SSSR count). The molecule has 0 radical (unpaired) electrons. The first-order valence-corrected chi connectivity index (χ1v) is 8.88. The number of hydrogen-bond donors (Lipinski definition) is 2. The molecule has 0 aromatic heterocycles. The molecular formula is C16H13ClFNO4S. The maximum absolute atomic E-state index is 13.1. The molecule has 0 heterocycles. The first kappa shape index (κ1) is 16.9. The summed E-state index contributed by atoms with van der Waals surface area (Å²) in [6, 6.07) is 10.4. The summed E-state index contributed by atoms with van der Waals surface area (Å²) in [5.74, 6) is -2.88. The Kier molecular flexibility index (Phi) is 3.90. The van der Waals surface area contributed by atoms with Gasteiger partial charge in [-0.15, -0.1) is 0 Å². The second-order valence-electron chi connectivity index (χ2n) is 5.69. The molecule has 0 aliphatic heterocycles. The number of aliphatic carboxylic acids is 1. The number of carbonyl (C=O) groups is 1. The third-order valence-electron chi connectivity index (χ3n) is 4.26. The van der Waals surface area contributed by atoms with Crippen LogP contribution >= 0.6 is 11.6 Å². The predicted molar refractivity (Wildman–Crippen MR) is 86.1 cm³/mol. The predicted octanol–water partition coefficient (Wildman–Crippen LogP) is 2.20. The Morgan fingerprint density at radius 2 is 1.67 bits per heavy atom. The molecule has 0 amide bonds. The Morgan fingerprint density at radius 3 is 2.17 bits per heavy atom. The smallest absolute Gasteiger partial charge is 0.325 e. The number of halogens is 2. The van der Waals surface area contributed by atoms with E-state index in [-0.39, 0.29) is 4.90 Å². The van der Waals surface area contributed by atoms with Gasteiger partial charge in [0.15, 0.2) is 9.84 Å². The van der Waals surface area contributed by atoms with Crippen LogP contribution in [-0.4, -0.2) is 30.3 Å². The molecule has 5 nitrogen and oxygen atoms in total. The third kappa shape index (κ3) is 2.49. The number of sulfone groups is 1. The highest BCUT2D eigenvalue weighted by Crippen LogP contribution is 2.55. The first-order valence-electron chi connectivity index (χ1n) is 6.96. The number of nitrogens with two attached hydrogens (primary N) is 1. The van der Waals surface area contributed by atoms with Crippen LogP contribution < -0.4 is 5.73 Å². The summed E-state index contributed by atoms with van der Waals surface area (Å²) in [7, 11) is -4.00. The number of hydrogen-bond acceptors (Lipinski definition) is 4. The fraction of sp³-hybridized carbons (Fsp3) is 0.188. The molecule has 1 aliphatic rings. The molecule has 3 N–H and O–H groups in total. The Hall–Kier alpha value is -1.96. The highest BCUT2D eigenvalue weighted by Gasteiger charge is 2.74. The number of rotatable bonds is 4. The Balaban J connectivity index is 2.06. The summed E-state index contributed by atoms with van der Waals surface area (Å²) in [6.45, 7) is 0. The monoisotopic (exact) mass is 369 g/mol. The van der Waals surface area contributed by atoms with E-state index in [2.05, 4.69) is 0 Å². The average Bonchev–Trinajstić information content (AvgIpc) is 3.17. The van der Waals surface area contributed by atoms with Crippen LogP contribution in [0.5, 0.6) is 0 Å². The molecule has 2 aromatic rings. The van der Waals surface area contributed by atoms with Crippen molar-refractivity contribution in [1.29, 1.82) is 0 Å². The molecule has 2 aromatic carbocycles. The summed E-state index contributed by atoms with van der Waals surface area (Å²) in [5, 5.41) is 8.46. The van der Waals surface area contributed by atoms with Crippen LogP contribution in [0.25, 0.3) is 0 Å². The summed E-state index contributed by atoms with van der Waals surface area (Å²) in [4.78, 5) is 11.5. The van der Waals surface area contributed by atoms with Gasteiger partial charge in [-0.2, -0.15) is 0 Å². The molecule has 1 aliphatic carbocycles. The molecule has 3 atom stereocenters. The van der Waals surface area contributed by atoms with E-state index >= 15 is 0 Å². The molecule has 0 unspecified atom stereocenters. The largest absolute Gasteiger partial charge is 0.480 e. The lowest BCUT2D eigenvalue weighted by Gasteiger charge is -2.06. The van der Waals surface area contributed by atoms with Crippen molar-refractivity contribution >= 4 is 27.4 Å². The molecule has 24 heavy (non-hydrogen) atoms. The van der Waals surface area contributed by atoms with Gasteiger partial charge in [0, 0.05) is 10.9 Å². The van der Waals surface area contributed by atoms with Crippen molar-refractivity contribution in [1.82, 2.24) is 0 Å². The van der Waals surface area contributed by atoms with Gasteiger partial charge in [0.2, 0.25) is 0 Å². The van der Waals surface area contributed by atoms with Gasteiger partial charge in [-0.05, 0) is 42.0 Å². The van der Waals surface area contributed by atoms with E-state index in [1.54, 1.807) is 0 Å². The lowest BCUT2D eigenvalue weighted by molar-refractivity contribution is -0.139. The first-order chi connectivity index (χ1) is 11.2. The molecule has 1 fully saturated rings. The lowest BCUT2D eigenvalue weighted by Crippen LogP contribution is -2.39. The number of carboxylic acids is 1. The Labute approximate surface area is 142 Å². The quantitative estimate of drug-likeness (QED) is 0.861. The minimum atomic E-state index is -4.00. The van der Waals surface area contributed by atoms with E-state index in [0.717, 1.165) is 12.1 Å². The average molecular weight is 370 g/mol. The molecule has 0 spiro atoms. The van der Waals surface area contributed by atoms with Crippen LogP contribution in [-0.2, 0) is 14.6 Å². The zero-order chi connectivity index (χ0) is 17.7. The van der Waals surface area contributed by atoms with E-state index < -0.39 is 38.3 Å². The second-order valence-corrected chi connectivity index (χ2v) is 8.19. The van der Waals surface area contributed by atoms with E-state index in [1.807, 2.05) is 0 Å². The number of carboxylic acid groups (broad SMARTS) is 1. The summed E-state index contributed by atoms with van der Waals surface area (Å²) >= 11 is 5.75. The maximum Gasteiger partial charge on any atom is 0.325 e. The Bertz CT molecular complexity index is 899. The van der Waals surface area contributed by atoms with E-state index in [9.17, 15) is 22.7 Å². The van der Waals surface area contributed by atoms with Gasteiger partial charge in [0.1, 0.15) is 16.6 Å². The summed E-state index contributed by atoms with van der Waals surface area (Å²) in [6.07, 6.45) is 0. The van der Waals surface area contributed by atoms with Crippen LogP contribution in [0.3, 0.4) is 0 Å². The van der Waals surface area contributed by atoms with Crippen molar-refractivity contribution < 1.29 is 22.7 Å². The molecule has 8 heteroatoms. The van der Waals surface area contributed by atoms with E-state index in [4.69, 9.17) is 17.3 Å². The summed E-state index contributed by atoms with van der Waals surface area (Å²) < 4.78 is 38.7. The number of benzene rings is 2. The van der Waals surface area contributed by atoms with Gasteiger partial charge in [-0.1, -0.05) is 23.7 Å². The highest BCUT2D eigenvalue weighted by molar-refractivity contribution is 7.92. The van der Waals surface area contributed by atoms with Gasteiger partial charge in [-0.25, -0.2) is 12.8 Å². The summed E-state index contributed by atoms with van der Waals surface area (Å²) in [5.41, 5.74) is 4.31. The van der Waals surface area contributed by atoms with Crippen molar-refractivity contribution in [3.8, 4) is 0 Å². The van der Waals surface area contributed by atoms with Crippen molar-refractivity contribution in [2.24, 2.45) is 5.73 Å². The normalized spacial score (nSPS) is 26.1. The topological polar surface area (TPSA) is 97.5 Å². The minimum absolute atomic E-state index is 0.0578. The van der Waals surface area contributed by atoms with Crippen LogP contribution in [0, 0.1) is 5.82 Å². The van der Waals surface area contributed by atoms with Gasteiger partial charge in [0.25, 0.3) is 0 Å². The second kappa shape index (κ2) is 5.54.